The average molecular weight is 840 g/mol. The van der Waals surface area contributed by atoms with E-state index in [0.29, 0.717) is 12.1 Å². The van der Waals surface area contributed by atoms with Crippen molar-refractivity contribution in [2.24, 2.45) is 0 Å². The molecule has 0 unspecified atom stereocenters. The van der Waals surface area contributed by atoms with Gasteiger partial charge in [0, 0.05) is 23.9 Å². The minimum atomic E-state index is -0.605. The lowest BCUT2D eigenvalue weighted by atomic mass is 9.86. The van der Waals surface area contributed by atoms with E-state index in [1.54, 1.807) is 0 Å². The first-order chi connectivity index (χ1) is 22.9. The van der Waals surface area contributed by atoms with Crippen molar-refractivity contribution in [3.63, 3.8) is 0 Å². The van der Waals surface area contributed by atoms with E-state index in [9.17, 15) is 8.78 Å². The Kier molecular flexibility index (Phi) is 9.10. The van der Waals surface area contributed by atoms with E-state index in [-0.39, 0.29) is 0 Å². The summed E-state index contributed by atoms with van der Waals surface area (Å²) in [7, 11) is 0. The SMILES string of the molecule is Fc1cc(F)cc(N(c2ccc(-c3c(/C=C\C=C/I)cc(-c4cccc5ccccc45)c4ccccc34)cc2)[C@]2(I)C=CC=CC2)c1. The molecular formula is C42H29F2I2N. The van der Waals surface area contributed by atoms with Crippen molar-refractivity contribution in [1.29, 1.82) is 0 Å². The molecule has 0 amide bonds. The smallest absolute Gasteiger partial charge is 0.128 e. The van der Waals surface area contributed by atoms with E-state index in [1.165, 1.54) is 39.4 Å². The molecule has 0 fully saturated rings. The monoisotopic (exact) mass is 839 g/mol. The Balaban J connectivity index is 1.42. The summed E-state index contributed by atoms with van der Waals surface area (Å²) in [5.74, 6) is -1.21. The van der Waals surface area contributed by atoms with Gasteiger partial charge in [0.05, 0.1) is 0 Å². The van der Waals surface area contributed by atoms with Crippen molar-refractivity contribution in [1.82, 2.24) is 0 Å². The highest BCUT2D eigenvalue weighted by molar-refractivity contribution is 14.1. The largest absolute Gasteiger partial charge is 0.322 e. The van der Waals surface area contributed by atoms with Crippen LogP contribution in [0.15, 0.2) is 156 Å². The topological polar surface area (TPSA) is 3.24 Å². The lowest BCUT2D eigenvalue weighted by Crippen LogP contribution is -2.39. The third-order valence-corrected chi connectivity index (χ3v) is 10.2. The Morgan fingerprint density at radius 3 is 2.09 bits per heavy atom. The van der Waals surface area contributed by atoms with Crippen molar-refractivity contribution in [3.8, 4) is 22.3 Å². The summed E-state index contributed by atoms with van der Waals surface area (Å²) in [6.45, 7) is 0. The molecule has 0 aliphatic heterocycles. The average Bonchev–Trinajstić information content (AvgIpc) is 3.08. The minimum absolute atomic E-state index is 0.462. The fourth-order valence-corrected chi connectivity index (χ4v) is 7.77. The van der Waals surface area contributed by atoms with Gasteiger partial charge in [0.2, 0.25) is 0 Å². The van der Waals surface area contributed by atoms with Gasteiger partial charge in [-0.1, -0.05) is 138 Å². The zero-order valence-corrected chi connectivity index (χ0v) is 29.6. The van der Waals surface area contributed by atoms with E-state index >= 15 is 0 Å². The third-order valence-electron chi connectivity index (χ3n) is 8.51. The number of alkyl halides is 1. The van der Waals surface area contributed by atoms with Crippen LogP contribution in [0.1, 0.15) is 12.0 Å². The van der Waals surface area contributed by atoms with Crippen molar-refractivity contribution >= 4 is 84.2 Å². The number of nitrogens with zero attached hydrogens (tertiary/aromatic N) is 1. The number of rotatable bonds is 7. The van der Waals surface area contributed by atoms with Gasteiger partial charge in [-0.3, -0.25) is 0 Å². The maximum absolute atomic E-state index is 14.5. The molecule has 47 heavy (non-hydrogen) atoms. The summed E-state index contributed by atoms with van der Waals surface area (Å²) in [4.78, 5) is 2.01. The van der Waals surface area contributed by atoms with Crippen LogP contribution in [0, 0.1) is 11.6 Å². The Labute approximate surface area is 300 Å². The molecule has 0 bridgehead atoms. The zero-order chi connectivity index (χ0) is 32.4. The van der Waals surface area contributed by atoms with Gasteiger partial charge in [0.15, 0.2) is 0 Å². The van der Waals surface area contributed by atoms with E-state index in [2.05, 4.69) is 167 Å². The number of hydrogen-bond acceptors (Lipinski definition) is 1. The highest BCUT2D eigenvalue weighted by atomic mass is 127. The molecule has 0 radical (unpaired) electrons. The number of benzene rings is 6. The van der Waals surface area contributed by atoms with Gasteiger partial charge in [-0.05, 0) is 112 Å². The quantitative estimate of drug-likeness (QED) is 0.0670. The van der Waals surface area contributed by atoms with Gasteiger partial charge < -0.3 is 4.90 Å². The van der Waals surface area contributed by atoms with Crippen molar-refractivity contribution in [3.05, 3.63) is 173 Å². The van der Waals surface area contributed by atoms with Crippen LogP contribution in [0.5, 0.6) is 0 Å². The fraction of sp³-hybridized carbons (Fsp3) is 0.0476. The summed E-state index contributed by atoms with van der Waals surface area (Å²) in [5, 5.41) is 4.75. The van der Waals surface area contributed by atoms with Crippen LogP contribution in [0.4, 0.5) is 20.2 Å². The Morgan fingerprint density at radius 2 is 1.36 bits per heavy atom. The predicted molar refractivity (Wildman–Crippen MR) is 213 cm³/mol. The van der Waals surface area contributed by atoms with Crippen molar-refractivity contribution in [2.75, 3.05) is 4.90 Å². The molecule has 6 aromatic carbocycles. The van der Waals surface area contributed by atoms with E-state index in [0.717, 1.165) is 33.8 Å². The Morgan fingerprint density at radius 1 is 0.660 bits per heavy atom. The second-order valence-corrected chi connectivity index (χ2v) is 14.0. The maximum Gasteiger partial charge on any atom is 0.128 e. The Bertz CT molecular complexity index is 2210. The highest BCUT2D eigenvalue weighted by Crippen LogP contribution is 2.45. The van der Waals surface area contributed by atoms with Gasteiger partial charge in [-0.15, -0.1) is 0 Å². The number of allylic oxidation sites excluding steroid dienone is 4. The van der Waals surface area contributed by atoms with Crippen LogP contribution >= 0.6 is 45.2 Å². The zero-order valence-electron chi connectivity index (χ0n) is 25.3. The van der Waals surface area contributed by atoms with E-state index in [1.807, 2.05) is 27.2 Å². The molecule has 1 nitrogen and oxygen atoms in total. The lowest BCUT2D eigenvalue weighted by molar-refractivity contribution is 0.582. The minimum Gasteiger partial charge on any atom is -0.322 e. The van der Waals surface area contributed by atoms with Crippen LogP contribution < -0.4 is 4.90 Å². The molecule has 0 spiro atoms. The molecule has 0 N–H and O–H groups in total. The first-order valence-corrected chi connectivity index (χ1v) is 17.6. The number of fused-ring (bicyclic) bond motifs is 2. The van der Waals surface area contributed by atoms with Gasteiger partial charge in [0.1, 0.15) is 15.2 Å². The van der Waals surface area contributed by atoms with Crippen LogP contribution in [0.2, 0.25) is 0 Å². The second-order valence-electron chi connectivity index (χ2n) is 11.5. The summed E-state index contributed by atoms with van der Waals surface area (Å²) in [6.07, 6.45) is 15.1. The number of halogens is 4. The number of hydrogen-bond donors (Lipinski definition) is 0. The summed E-state index contributed by atoms with van der Waals surface area (Å²) < 4.78 is 30.5. The molecule has 0 saturated carbocycles. The molecule has 0 heterocycles. The summed E-state index contributed by atoms with van der Waals surface area (Å²) in [5.41, 5.74) is 6.96. The normalized spacial score (nSPS) is 16.2. The molecule has 0 aromatic heterocycles. The van der Waals surface area contributed by atoms with Crippen LogP contribution in [0.25, 0.3) is 49.9 Å². The van der Waals surface area contributed by atoms with Crippen molar-refractivity contribution in [2.45, 2.75) is 9.97 Å². The standard InChI is InChI=1S/C42H29F2I2N/c43-32-26-33(44)28-35(27-32)47(42(46)22-7-1-8-23-42)34-20-18-30(19-21-34)41-31(12-6-9-24-45)25-40(38-15-4-5-16-39(38)41)37-17-10-13-29-11-2-3-14-36(29)37/h1-22,24-28H,23H2/b12-6-,24-9-/t42-/m1/s1. The molecule has 1 aliphatic rings. The summed E-state index contributed by atoms with van der Waals surface area (Å²) >= 11 is 4.61. The second kappa shape index (κ2) is 13.6. The molecule has 230 valence electrons. The first kappa shape index (κ1) is 31.5. The Hall–Kier alpha value is -4.08. The predicted octanol–water partition coefficient (Wildman–Crippen LogP) is 13.4. The molecule has 1 atom stereocenters. The van der Waals surface area contributed by atoms with E-state index < -0.39 is 15.2 Å². The molecule has 5 heteroatoms. The van der Waals surface area contributed by atoms with Gasteiger partial charge in [0.25, 0.3) is 0 Å². The lowest BCUT2D eigenvalue weighted by Gasteiger charge is -2.40. The van der Waals surface area contributed by atoms with Crippen LogP contribution in [-0.4, -0.2) is 3.55 Å². The van der Waals surface area contributed by atoms with Gasteiger partial charge in [-0.25, -0.2) is 8.78 Å². The molecule has 0 saturated heterocycles. The van der Waals surface area contributed by atoms with Crippen LogP contribution in [0.3, 0.4) is 0 Å². The fourth-order valence-electron chi connectivity index (χ4n) is 6.51. The molecule has 7 rings (SSSR count). The van der Waals surface area contributed by atoms with Gasteiger partial charge in [-0.2, -0.15) is 0 Å². The third kappa shape index (κ3) is 6.31. The maximum atomic E-state index is 14.5. The molecule has 1 aliphatic carbocycles. The highest BCUT2D eigenvalue weighted by Gasteiger charge is 2.33. The van der Waals surface area contributed by atoms with Crippen LogP contribution in [-0.2, 0) is 0 Å². The molecule has 6 aromatic rings. The molecular weight excluding hydrogens is 810 g/mol. The van der Waals surface area contributed by atoms with Crippen molar-refractivity contribution < 1.29 is 8.78 Å². The van der Waals surface area contributed by atoms with E-state index in [4.69, 9.17) is 0 Å². The number of anilines is 2. The first-order valence-electron chi connectivity index (χ1n) is 15.3. The van der Waals surface area contributed by atoms with Gasteiger partial charge >= 0.3 is 0 Å². The summed E-state index contributed by atoms with van der Waals surface area (Å²) in [6, 6.07) is 37.9.